The lowest BCUT2D eigenvalue weighted by Gasteiger charge is -2.27. The summed E-state index contributed by atoms with van der Waals surface area (Å²) in [6.45, 7) is 1.00. The zero-order chi connectivity index (χ0) is 25.9. The van der Waals surface area contributed by atoms with Crippen molar-refractivity contribution in [2.24, 2.45) is 0 Å². The highest BCUT2D eigenvalue weighted by Gasteiger charge is 2.47. The number of hydrogen-bond donors (Lipinski definition) is 1. The maximum atomic E-state index is 13.3. The Morgan fingerprint density at radius 1 is 1.06 bits per heavy atom. The van der Waals surface area contributed by atoms with Crippen molar-refractivity contribution >= 4 is 40.7 Å². The van der Waals surface area contributed by atoms with Gasteiger partial charge in [0, 0.05) is 12.1 Å². The fraction of sp³-hybridized carbons (Fsp3) is 0.360. The molecular formula is C25H28Cl2N2O6. The molecule has 0 radical (unpaired) electrons. The van der Waals surface area contributed by atoms with Gasteiger partial charge in [-0.2, -0.15) is 0 Å². The predicted molar refractivity (Wildman–Crippen MR) is 135 cm³/mol. The number of aliphatic hydroxyl groups excluding tert-OH is 1. The Hall–Kier alpha value is -2.94. The first-order valence-corrected chi connectivity index (χ1v) is 11.6. The van der Waals surface area contributed by atoms with E-state index in [9.17, 15) is 14.7 Å². The van der Waals surface area contributed by atoms with Crippen LogP contribution in [0.2, 0.25) is 10.0 Å². The molecule has 1 amide bonds. The molecule has 1 unspecified atom stereocenters. The SMILES string of the molecule is COc1ccccc1C1/C(=C(\O)c2cc(Cl)c(OC)c(Cl)c2OC)C(=O)C(=O)N1CCCN(C)C. The second-order valence-corrected chi connectivity index (χ2v) is 8.96. The van der Waals surface area contributed by atoms with Gasteiger partial charge < -0.3 is 29.1 Å². The van der Waals surface area contributed by atoms with Gasteiger partial charge in [-0.05, 0) is 39.2 Å². The number of halogens is 2. The highest BCUT2D eigenvalue weighted by molar-refractivity contribution is 6.47. The van der Waals surface area contributed by atoms with Gasteiger partial charge in [0.05, 0.1) is 43.5 Å². The number of likely N-dealkylation sites (tertiary alicyclic amines) is 1. The topological polar surface area (TPSA) is 88.5 Å². The van der Waals surface area contributed by atoms with Crippen molar-refractivity contribution in [3.8, 4) is 17.2 Å². The van der Waals surface area contributed by atoms with Crippen LogP contribution in [0.3, 0.4) is 0 Å². The van der Waals surface area contributed by atoms with Crippen LogP contribution >= 0.6 is 23.2 Å². The summed E-state index contributed by atoms with van der Waals surface area (Å²) in [4.78, 5) is 29.9. The summed E-state index contributed by atoms with van der Waals surface area (Å²) in [5.74, 6) is -1.31. The zero-order valence-corrected chi connectivity index (χ0v) is 21.7. The zero-order valence-electron chi connectivity index (χ0n) is 20.2. The van der Waals surface area contributed by atoms with Gasteiger partial charge in [0.1, 0.15) is 16.5 Å². The number of aliphatic hydroxyl groups is 1. The molecule has 1 fully saturated rings. The molecule has 0 bridgehead atoms. The molecule has 0 aromatic heterocycles. The van der Waals surface area contributed by atoms with E-state index < -0.39 is 23.5 Å². The fourth-order valence-corrected chi connectivity index (χ4v) is 4.86. The Kier molecular flexibility index (Phi) is 8.53. The van der Waals surface area contributed by atoms with Crippen LogP contribution in [0, 0.1) is 0 Å². The van der Waals surface area contributed by atoms with Crippen molar-refractivity contribution in [2.45, 2.75) is 12.5 Å². The summed E-state index contributed by atoms with van der Waals surface area (Å²) in [6, 6.07) is 7.55. The molecule has 8 nitrogen and oxygen atoms in total. The Balaban J connectivity index is 2.27. The lowest BCUT2D eigenvalue weighted by Crippen LogP contribution is -2.32. The first-order chi connectivity index (χ1) is 16.7. The smallest absolute Gasteiger partial charge is 0.295 e. The minimum Gasteiger partial charge on any atom is -0.507 e. The van der Waals surface area contributed by atoms with Crippen LogP contribution < -0.4 is 14.2 Å². The van der Waals surface area contributed by atoms with E-state index in [0.717, 1.165) is 0 Å². The van der Waals surface area contributed by atoms with Crippen molar-refractivity contribution in [1.29, 1.82) is 0 Å². The van der Waals surface area contributed by atoms with E-state index in [0.29, 0.717) is 30.8 Å². The van der Waals surface area contributed by atoms with Gasteiger partial charge >= 0.3 is 0 Å². The number of ether oxygens (including phenoxy) is 3. The summed E-state index contributed by atoms with van der Waals surface area (Å²) in [6.07, 6.45) is 0.620. The Labute approximate surface area is 214 Å². The Morgan fingerprint density at radius 2 is 1.71 bits per heavy atom. The van der Waals surface area contributed by atoms with Gasteiger partial charge in [0.15, 0.2) is 11.5 Å². The Bertz CT molecular complexity index is 1160. The number of amides is 1. The number of rotatable bonds is 9. The molecule has 1 heterocycles. The van der Waals surface area contributed by atoms with E-state index >= 15 is 0 Å². The molecule has 3 rings (SSSR count). The van der Waals surface area contributed by atoms with Crippen molar-refractivity contribution < 1.29 is 28.9 Å². The normalized spacial score (nSPS) is 17.3. The van der Waals surface area contributed by atoms with Gasteiger partial charge in [-0.15, -0.1) is 0 Å². The van der Waals surface area contributed by atoms with Crippen molar-refractivity contribution in [1.82, 2.24) is 9.80 Å². The van der Waals surface area contributed by atoms with E-state index in [1.54, 1.807) is 24.3 Å². The molecule has 10 heteroatoms. The van der Waals surface area contributed by atoms with Crippen LogP contribution in [0.25, 0.3) is 5.76 Å². The summed E-state index contributed by atoms with van der Waals surface area (Å²) >= 11 is 12.7. The fourth-order valence-electron chi connectivity index (χ4n) is 4.18. The average molecular weight is 523 g/mol. The second kappa shape index (κ2) is 11.2. The van der Waals surface area contributed by atoms with E-state index in [1.165, 1.54) is 32.3 Å². The number of benzene rings is 2. The van der Waals surface area contributed by atoms with Crippen LogP contribution in [0.4, 0.5) is 0 Å². The number of Topliss-reactive ketones (excluding diaryl/α,β-unsaturated/α-hetero) is 1. The maximum Gasteiger partial charge on any atom is 0.295 e. The lowest BCUT2D eigenvalue weighted by molar-refractivity contribution is -0.140. The molecule has 0 saturated carbocycles. The number of ketones is 1. The van der Waals surface area contributed by atoms with Gasteiger partial charge in [0.25, 0.3) is 11.7 Å². The van der Waals surface area contributed by atoms with Crippen molar-refractivity contribution in [3.63, 3.8) is 0 Å². The summed E-state index contributed by atoms with van der Waals surface area (Å²) in [7, 11) is 8.11. The Morgan fingerprint density at radius 3 is 2.31 bits per heavy atom. The average Bonchev–Trinajstić information content (AvgIpc) is 3.08. The number of hydrogen-bond acceptors (Lipinski definition) is 7. The van der Waals surface area contributed by atoms with Crippen LogP contribution in [0.1, 0.15) is 23.6 Å². The molecule has 0 aliphatic carbocycles. The van der Waals surface area contributed by atoms with Crippen LogP contribution in [0.5, 0.6) is 17.2 Å². The molecule has 2 aromatic carbocycles. The summed E-state index contributed by atoms with van der Waals surface area (Å²) < 4.78 is 16.2. The third-order valence-corrected chi connectivity index (χ3v) is 6.40. The minimum absolute atomic E-state index is 0.0260. The summed E-state index contributed by atoms with van der Waals surface area (Å²) in [5.41, 5.74) is 0.514. The maximum absolute atomic E-state index is 13.3. The number of para-hydroxylation sites is 1. The predicted octanol–water partition coefficient (Wildman–Crippen LogP) is 4.39. The molecule has 35 heavy (non-hydrogen) atoms. The summed E-state index contributed by atoms with van der Waals surface area (Å²) in [5, 5.41) is 11.6. The van der Waals surface area contributed by atoms with Gasteiger partial charge in [-0.25, -0.2) is 0 Å². The molecule has 2 aromatic rings. The van der Waals surface area contributed by atoms with E-state index in [-0.39, 0.29) is 32.7 Å². The highest BCUT2D eigenvalue weighted by Crippen LogP contribution is 2.48. The molecule has 0 spiro atoms. The van der Waals surface area contributed by atoms with Crippen LogP contribution in [0.15, 0.2) is 35.9 Å². The minimum atomic E-state index is -0.891. The molecule has 1 N–H and O–H groups in total. The van der Waals surface area contributed by atoms with Gasteiger partial charge in [0.2, 0.25) is 0 Å². The van der Waals surface area contributed by atoms with Crippen molar-refractivity contribution in [3.05, 3.63) is 57.1 Å². The molecule has 188 valence electrons. The lowest BCUT2D eigenvalue weighted by atomic mass is 9.94. The first-order valence-electron chi connectivity index (χ1n) is 10.8. The number of carbonyl (C=O) groups is 2. The quantitative estimate of drug-likeness (QED) is 0.296. The van der Waals surface area contributed by atoms with E-state index in [2.05, 4.69) is 0 Å². The van der Waals surface area contributed by atoms with Crippen LogP contribution in [-0.2, 0) is 9.59 Å². The van der Waals surface area contributed by atoms with E-state index in [1.807, 2.05) is 19.0 Å². The van der Waals surface area contributed by atoms with Crippen LogP contribution in [-0.4, -0.2) is 75.1 Å². The second-order valence-electron chi connectivity index (χ2n) is 8.18. The van der Waals surface area contributed by atoms with Crippen molar-refractivity contribution in [2.75, 3.05) is 48.5 Å². The molecule has 1 atom stereocenters. The number of methoxy groups -OCH3 is 3. The largest absolute Gasteiger partial charge is 0.507 e. The monoisotopic (exact) mass is 522 g/mol. The molecule has 1 saturated heterocycles. The number of carbonyl (C=O) groups excluding carboxylic acids is 2. The van der Waals surface area contributed by atoms with Gasteiger partial charge in [-0.1, -0.05) is 41.4 Å². The molecular weight excluding hydrogens is 495 g/mol. The molecule has 1 aliphatic rings. The van der Waals surface area contributed by atoms with E-state index in [4.69, 9.17) is 37.4 Å². The number of nitrogens with zero attached hydrogens (tertiary/aromatic N) is 2. The highest BCUT2D eigenvalue weighted by atomic mass is 35.5. The molecule has 1 aliphatic heterocycles. The third-order valence-electron chi connectivity index (χ3n) is 5.77. The third kappa shape index (κ3) is 5.05. The van der Waals surface area contributed by atoms with Gasteiger partial charge in [-0.3, -0.25) is 9.59 Å². The first kappa shape index (κ1) is 26.7. The standard InChI is InChI=1S/C25H28Cl2N2O6/c1-28(2)11-8-12-29-20(14-9-6-7-10-17(14)33-3)18(22(31)25(29)32)21(30)15-13-16(26)24(35-5)19(27)23(15)34-4/h6-7,9-10,13,20,30H,8,11-12H2,1-5H3/b21-18+.